The van der Waals surface area contributed by atoms with Crippen LogP contribution in [0.5, 0.6) is 0 Å². The van der Waals surface area contributed by atoms with Crippen LogP contribution < -0.4 is 5.73 Å². The maximum absolute atomic E-state index is 9.24. The Bertz CT molecular complexity index is 46.8. The molecule has 0 bridgehead atoms. The first-order valence-corrected chi connectivity index (χ1v) is 1.19. The number of aliphatic carboxylic acids is 1. The van der Waals surface area contributed by atoms with Crippen LogP contribution in [0.2, 0.25) is 0 Å². The van der Waals surface area contributed by atoms with Gasteiger partial charge in [-0.1, -0.05) is 0 Å². The van der Waals surface area contributed by atoms with Crippen LogP contribution in [0.15, 0.2) is 0 Å². The van der Waals surface area contributed by atoms with Gasteiger partial charge in [-0.25, -0.2) is 0 Å². The molecule has 0 rings (SSSR count). The van der Waals surface area contributed by atoms with Crippen molar-refractivity contribution in [3.63, 3.8) is 0 Å². The maximum atomic E-state index is 9.24. The van der Waals surface area contributed by atoms with E-state index < -0.39 is 5.97 Å². The minimum absolute atomic E-state index is 0. The molecule has 0 aliphatic carbocycles. The minimum Gasteiger partial charge on any atom is -0.480 e. The van der Waals surface area contributed by atoms with Gasteiger partial charge in [-0.15, -0.1) is 0 Å². The van der Waals surface area contributed by atoms with Crippen LogP contribution in [0.1, 0.15) is 0 Å². The first-order valence-electron chi connectivity index (χ1n) is 1.19. The second-order valence-corrected chi connectivity index (χ2v) is 0.598. The molecule has 0 heterocycles. The van der Waals surface area contributed by atoms with E-state index in [1.165, 1.54) is 0 Å². The second-order valence-electron chi connectivity index (χ2n) is 0.598. The minimum atomic E-state index is -0.968. The molecular formula is C2H5FeNO2. The molecule has 0 saturated heterocycles. The topological polar surface area (TPSA) is 63.3 Å². The molecule has 0 spiro atoms. The molecule has 3 nitrogen and oxygen atoms in total. The van der Waals surface area contributed by atoms with Crippen LogP contribution >= 0.6 is 0 Å². The molecule has 3 N–H and O–H groups in total. The smallest absolute Gasteiger partial charge is 0.317 e. The SMILES string of the molecule is NCC(=O)O.[Fe]. The van der Waals surface area contributed by atoms with Gasteiger partial charge in [-0.3, -0.25) is 4.79 Å². The summed E-state index contributed by atoms with van der Waals surface area (Å²) < 4.78 is 0. The van der Waals surface area contributed by atoms with Crippen molar-refractivity contribution < 1.29 is 27.0 Å². The van der Waals surface area contributed by atoms with E-state index in [1.54, 1.807) is 0 Å². The van der Waals surface area contributed by atoms with Crippen LogP contribution in [0, 0.1) is 0 Å². The van der Waals surface area contributed by atoms with E-state index in [2.05, 4.69) is 5.73 Å². The first-order chi connectivity index (χ1) is 2.27. The normalized spacial score (nSPS) is 6.17. The van der Waals surface area contributed by atoms with Gasteiger partial charge in [0.2, 0.25) is 0 Å². The summed E-state index contributed by atoms with van der Waals surface area (Å²) >= 11 is 0. The molecule has 4 heteroatoms. The zero-order valence-corrected chi connectivity index (χ0v) is 4.10. The molecule has 0 unspecified atom stereocenters. The van der Waals surface area contributed by atoms with Gasteiger partial charge in [-0.2, -0.15) is 0 Å². The van der Waals surface area contributed by atoms with Crippen LogP contribution in [-0.2, 0) is 21.9 Å². The van der Waals surface area contributed by atoms with Crippen LogP contribution in [0.4, 0.5) is 0 Å². The van der Waals surface area contributed by atoms with Crippen LogP contribution in [0.25, 0.3) is 0 Å². The molecule has 0 aromatic carbocycles. The Balaban J connectivity index is 0. The third-order valence-corrected chi connectivity index (χ3v) is 0.175. The van der Waals surface area contributed by atoms with Gasteiger partial charge in [0.05, 0.1) is 6.54 Å². The summed E-state index contributed by atoms with van der Waals surface area (Å²) in [6.07, 6.45) is 0. The Morgan fingerprint density at radius 3 is 2.00 bits per heavy atom. The van der Waals surface area contributed by atoms with E-state index in [1.807, 2.05) is 0 Å². The molecule has 0 aromatic rings. The number of hydrogen-bond acceptors (Lipinski definition) is 2. The quantitative estimate of drug-likeness (QED) is 0.450. The van der Waals surface area contributed by atoms with Gasteiger partial charge in [0.15, 0.2) is 0 Å². The third kappa shape index (κ3) is 9.04. The van der Waals surface area contributed by atoms with E-state index in [9.17, 15) is 4.79 Å². The molecule has 0 aliphatic rings. The molecule has 0 aliphatic heterocycles. The molecule has 0 amide bonds. The van der Waals surface area contributed by atoms with E-state index in [-0.39, 0.29) is 23.6 Å². The predicted octanol–water partition coefficient (Wildman–Crippen LogP) is -0.973. The largest absolute Gasteiger partial charge is 0.480 e. The van der Waals surface area contributed by atoms with Crippen molar-refractivity contribution in [2.45, 2.75) is 0 Å². The van der Waals surface area contributed by atoms with Crippen molar-refractivity contribution >= 4 is 5.97 Å². The van der Waals surface area contributed by atoms with Gasteiger partial charge in [0.25, 0.3) is 0 Å². The molecule has 0 fully saturated rings. The van der Waals surface area contributed by atoms with Crippen molar-refractivity contribution in [2.24, 2.45) is 5.73 Å². The Hall–Kier alpha value is -0.0505. The number of nitrogens with two attached hydrogens (primary N) is 1. The van der Waals surface area contributed by atoms with Crippen molar-refractivity contribution in [2.75, 3.05) is 6.54 Å². The van der Waals surface area contributed by atoms with E-state index in [4.69, 9.17) is 5.11 Å². The average Bonchev–Trinajstić information content (AvgIpc) is 1.38. The summed E-state index contributed by atoms with van der Waals surface area (Å²) in [4.78, 5) is 9.24. The molecule has 0 atom stereocenters. The Labute approximate surface area is 46.0 Å². The molecule has 0 radical (unpaired) electrons. The molecule has 0 aromatic heterocycles. The van der Waals surface area contributed by atoms with Crippen LogP contribution in [0.3, 0.4) is 0 Å². The van der Waals surface area contributed by atoms with Gasteiger partial charge in [0, 0.05) is 17.1 Å². The monoisotopic (exact) mass is 131 g/mol. The van der Waals surface area contributed by atoms with E-state index >= 15 is 0 Å². The van der Waals surface area contributed by atoms with Gasteiger partial charge in [-0.05, 0) is 0 Å². The van der Waals surface area contributed by atoms with Gasteiger partial charge < -0.3 is 10.8 Å². The summed E-state index contributed by atoms with van der Waals surface area (Å²) in [5.41, 5.74) is 4.57. The van der Waals surface area contributed by atoms with Gasteiger partial charge in [0.1, 0.15) is 0 Å². The maximum Gasteiger partial charge on any atom is 0.317 e. The van der Waals surface area contributed by atoms with E-state index in [0.29, 0.717) is 0 Å². The van der Waals surface area contributed by atoms with Crippen molar-refractivity contribution in [1.29, 1.82) is 0 Å². The zero-order valence-electron chi connectivity index (χ0n) is 2.99. The number of hydrogen-bond donors (Lipinski definition) is 2. The summed E-state index contributed by atoms with van der Waals surface area (Å²) in [5, 5.41) is 7.60. The molecule has 6 heavy (non-hydrogen) atoms. The Morgan fingerprint density at radius 1 is 1.83 bits per heavy atom. The van der Waals surface area contributed by atoms with Crippen LogP contribution in [-0.4, -0.2) is 17.6 Å². The Morgan fingerprint density at radius 2 is 2.00 bits per heavy atom. The molecular weight excluding hydrogens is 126 g/mol. The third-order valence-electron chi connectivity index (χ3n) is 0.175. The predicted molar refractivity (Wildman–Crippen MR) is 16.7 cm³/mol. The standard InChI is InChI=1S/C2H5NO2.Fe/c3-1-2(4)5;/h1,3H2,(H,4,5);. The first kappa shape index (κ1) is 9.34. The molecule has 0 saturated carbocycles. The summed E-state index contributed by atoms with van der Waals surface area (Å²) in [5.74, 6) is -0.968. The average molecular weight is 131 g/mol. The summed E-state index contributed by atoms with van der Waals surface area (Å²) in [6.45, 7) is -0.278. The Kier molecular flexibility index (Phi) is 7.71. The number of carboxylic acids is 1. The zero-order chi connectivity index (χ0) is 4.28. The van der Waals surface area contributed by atoms with Crippen molar-refractivity contribution in [3.8, 4) is 0 Å². The fourth-order valence-corrected chi connectivity index (χ4v) is 0. The fraction of sp³-hybridized carbons (Fsp3) is 0.500. The molecule has 38 valence electrons. The second kappa shape index (κ2) is 4.95. The van der Waals surface area contributed by atoms with Crippen molar-refractivity contribution in [1.82, 2.24) is 0 Å². The summed E-state index contributed by atoms with van der Waals surface area (Å²) in [6, 6.07) is 0. The van der Waals surface area contributed by atoms with E-state index in [0.717, 1.165) is 0 Å². The van der Waals surface area contributed by atoms with Gasteiger partial charge >= 0.3 is 5.97 Å². The number of carboxylic acid groups (broad SMARTS) is 1. The van der Waals surface area contributed by atoms with Crippen molar-refractivity contribution in [3.05, 3.63) is 0 Å². The number of carbonyl (C=O) groups is 1. The summed E-state index contributed by atoms with van der Waals surface area (Å²) in [7, 11) is 0. The number of rotatable bonds is 1. The fourth-order valence-electron chi connectivity index (χ4n) is 0.